The first-order chi connectivity index (χ1) is 9.69. The predicted octanol–water partition coefficient (Wildman–Crippen LogP) is 3.22. The van der Waals surface area contributed by atoms with E-state index in [-0.39, 0.29) is 24.5 Å². The van der Waals surface area contributed by atoms with Crippen molar-refractivity contribution in [1.82, 2.24) is 0 Å². The van der Waals surface area contributed by atoms with Crippen molar-refractivity contribution in [1.29, 1.82) is 5.26 Å². The summed E-state index contributed by atoms with van der Waals surface area (Å²) in [5.41, 5.74) is 1.16. The van der Waals surface area contributed by atoms with Crippen LogP contribution < -0.4 is 5.32 Å². The molecule has 0 aliphatic heterocycles. The number of nitrogens with one attached hydrogen (secondary N) is 1. The Bertz CT molecular complexity index is 640. The average Bonchev–Trinajstić information content (AvgIpc) is 3.00. The van der Waals surface area contributed by atoms with Gasteiger partial charge in [0.05, 0.1) is 16.5 Å². The summed E-state index contributed by atoms with van der Waals surface area (Å²) in [7, 11) is 0. The molecule has 0 aliphatic carbocycles. The molecule has 20 heavy (non-hydrogen) atoms. The molecule has 0 spiro atoms. The van der Waals surface area contributed by atoms with Crippen LogP contribution in [0, 0.1) is 11.3 Å². The van der Waals surface area contributed by atoms with E-state index in [1.54, 1.807) is 30.3 Å². The summed E-state index contributed by atoms with van der Waals surface area (Å²) in [6, 6.07) is 12.2. The van der Waals surface area contributed by atoms with Gasteiger partial charge in [-0.15, -0.1) is 11.3 Å². The van der Waals surface area contributed by atoms with Crippen LogP contribution in [0.2, 0.25) is 0 Å². The molecule has 1 N–H and O–H groups in total. The normalized spacial score (nSPS) is 9.75. The number of hydrogen-bond donors (Lipinski definition) is 1. The van der Waals surface area contributed by atoms with Gasteiger partial charge >= 0.3 is 0 Å². The Balaban J connectivity index is 1.83. The van der Waals surface area contributed by atoms with Crippen molar-refractivity contribution < 1.29 is 9.59 Å². The first-order valence-electron chi connectivity index (χ1n) is 6.06. The third-order valence-corrected chi connectivity index (χ3v) is 3.58. The number of Topliss-reactive ketones (excluding diaryl/α,β-unsaturated/α-hetero) is 1. The van der Waals surface area contributed by atoms with E-state index in [2.05, 4.69) is 5.32 Å². The van der Waals surface area contributed by atoms with Gasteiger partial charge in [0, 0.05) is 18.5 Å². The number of nitrogens with zero attached hydrogens (tertiary/aromatic N) is 1. The van der Waals surface area contributed by atoms with Crippen LogP contribution >= 0.6 is 11.3 Å². The third kappa shape index (κ3) is 3.77. The number of benzene rings is 1. The maximum absolute atomic E-state index is 11.7. The quantitative estimate of drug-likeness (QED) is 0.857. The second-order valence-corrected chi connectivity index (χ2v) is 5.09. The van der Waals surface area contributed by atoms with Gasteiger partial charge in [-0.3, -0.25) is 9.59 Å². The first kappa shape index (κ1) is 14.0. The van der Waals surface area contributed by atoms with E-state index in [0.29, 0.717) is 16.1 Å². The van der Waals surface area contributed by atoms with E-state index in [4.69, 9.17) is 5.26 Å². The third-order valence-electron chi connectivity index (χ3n) is 2.67. The van der Waals surface area contributed by atoms with Crippen molar-refractivity contribution in [2.24, 2.45) is 0 Å². The number of thiophene rings is 1. The van der Waals surface area contributed by atoms with Gasteiger partial charge < -0.3 is 5.32 Å². The fourth-order valence-electron chi connectivity index (χ4n) is 1.64. The van der Waals surface area contributed by atoms with Gasteiger partial charge in [0.25, 0.3) is 0 Å². The minimum Gasteiger partial charge on any atom is -0.326 e. The highest BCUT2D eigenvalue weighted by Gasteiger charge is 2.10. The van der Waals surface area contributed by atoms with Gasteiger partial charge in [-0.05, 0) is 35.7 Å². The molecule has 0 atom stereocenters. The van der Waals surface area contributed by atoms with Crippen molar-refractivity contribution in [2.45, 2.75) is 12.8 Å². The lowest BCUT2D eigenvalue weighted by molar-refractivity contribution is -0.116. The zero-order valence-corrected chi connectivity index (χ0v) is 11.4. The van der Waals surface area contributed by atoms with Crippen LogP contribution in [0.5, 0.6) is 0 Å². The Hall–Kier alpha value is -2.45. The number of carbonyl (C=O) groups excluding carboxylic acids is 2. The van der Waals surface area contributed by atoms with Crippen LogP contribution in [0.3, 0.4) is 0 Å². The Kier molecular flexibility index (Phi) is 4.64. The van der Waals surface area contributed by atoms with E-state index >= 15 is 0 Å². The maximum Gasteiger partial charge on any atom is 0.224 e. The fraction of sp³-hybridized carbons (Fsp3) is 0.133. The number of ketones is 1. The highest BCUT2D eigenvalue weighted by atomic mass is 32.1. The molecule has 0 saturated heterocycles. The highest BCUT2D eigenvalue weighted by molar-refractivity contribution is 7.12. The van der Waals surface area contributed by atoms with Crippen LogP contribution in [0.1, 0.15) is 28.1 Å². The Labute approximate surface area is 120 Å². The molecular formula is C15H12N2O2S. The van der Waals surface area contributed by atoms with E-state index < -0.39 is 0 Å². The van der Waals surface area contributed by atoms with Gasteiger partial charge in [-0.2, -0.15) is 5.26 Å². The minimum absolute atomic E-state index is 0.0185. The molecule has 4 nitrogen and oxygen atoms in total. The van der Waals surface area contributed by atoms with Gasteiger partial charge in [0.15, 0.2) is 5.78 Å². The van der Waals surface area contributed by atoms with Crippen molar-refractivity contribution in [3.05, 3.63) is 52.2 Å². The molecule has 0 aliphatic rings. The molecular weight excluding hydrogens is 272 g/mol. The molecule has 1 aromatic heterocycles. The molecule has 0 radical (unpaired) electrons. The molecule has 0 unspecified atom stereocenters. The smallest absolute Gasteiger partial charge is 0.224 e. The summed E-state index contributed by atoms with van der Waals surface area (Å²) in [6.07, 6.45) is 0.347. The zero-order valence-electron chi connectivity index (χ0n) is 10.6. The lowest BCUT2D eigenvalue weighted by Gasteiger charge is -2.04. The number of nitriles is 1. The van der Waals surface area contributed by atoms with Crippen molar-refractivity contribution in [3.63, 3.8) is 0 Å². The SMILES string of the molecule is N#Cc1ccc(NC(=O)CCC(=O)c2cccs2)cc1. The van der Waals surface area contributed by atoms with Crippen molar-refractivity contribution in [2.75, 3.05) is 5.32 Å². The fourth-order valence-corrected chi connectivity index (χ4v) is 2.33. The molecule has 100 valence electrons. The van der Waals surface area contributed by atoms with E-state index in [0.717, 1.165) is 0 Å². The monoisotopic (exact) mass is 284 g/mol. The number of rotatable bonds is 5. The number of hydrogen-bond acceptors (Lipinski definition) is 4. The predicted molar refractivity (Wildman–Crippen MR) is 77.7 cm³/mol. The largest absolute Gasteiger partial charge is 0.326 e. The van der Waals surface area contributed by atoms with E-state index in [9.17, 15) is 9.59 Å². The minimum atomic E-state index is -0.209. The van der Waals surface area contributed by atoms with Crippen LogP contribution in [-0.2, 0) is 4.79 Å². The molecule has 2 rings (SSSR count). The second-order valence-electron chi connectivity index (χ2n) is 4.14. The summed E-state index contributed by atoms with van der Waals surface area (Å²) < 4.78 is 0. The maximum atomic E-state index is 11.7. The second kappa shape index (κ2) is 6.64. The highest BCUT2D eigenvalue weighted by Crippen LogP contribution is 2.13. The first-order valence-corrected chi connectivity index (χ1v) is 6.94. The van der Waals surface area contributed by atoms with E-state index in [1.807, 2.05) is 17.5 Å². The van der Waals surface area contributed by atoms with Crippen LogP contribution in [-0.4, -0.2) is 11.7 Å². The molecule has 1 amide bonds. The van der Waals surface area contributed by atoms with Crippen LogP contribution in [0.15, 0.2) is 41.8 Å². The van der Waals surface area contributed by atoms with Crippen LogP contribution in [0.4, 0.5) is 5.69 Å². The summed E-state index contributed by atoms with van der Waals surface area (Å²) in [4.78, 5) is 24.1. The molecule has 1 aromatic carbocycles. The molecule has 0 bridgehead atoms. The molecule has 0 fully saturated rings. The van der Waals surface area contributed by atoms with Crippen LogP contribution in [0.25, 0.3) is 0 Å². The Morgan fingerprint density at radius 3 is 2.50 bits per heavy atom. The van der Waals surface area contributed by atoms with Gasteiger partial charge in [-0.1, -0.05) is 6.07 Å². The van der Waals surface area contributed by atoms with Gasteiger partial charge in [0.1, 0.15) is 0 Å². The zero-order chi connectivity index (χ0) is 14.4. The number of amides is 1. The van der Waals surface area contributed by atoms with Crippen molar-refractivity contribution in [3.8, 4) is 6.07 Å². The molecule has 2 aromatic rings. The Morgan fingerprint density at radius 2 is 1.90 bits per heavy atom. The molecule has 5 heteroatoms. The number of anilines is 1. The molecule has 0 saturated carbocycles. The summed E-state index contributed by atoms with van der Waals surface area (Å²) >= 11 is 1.38. The lowest BCUT2D eigenvalue weighted by atomic mass is 10.2. The number of carbonyl (C=O) groups is 2. The van der Waals surface area contributed by atoms with Crippen molar-refractivity contribution >= 4 is 28.7 Å². The summed E-state index contributed by atoms with van der Waals surface area (Å²) in [5.74, 6) is -0.227. The summed E-state index contributed by atoms with van der Waals surface area (Å²) in [5, 5.41) is 13.2. The molecule has 1 heterocycles. The standard InChI is InChI=1S/C15H12N2O2S/c16-10-11-3-5-12(6-4-11)17-15(19)8-7-13(18)14-2-1-9-20-14/h1-6,9H,7-8H2,(H,17,19). The topological polar surface area (TPSA) is 70.0 Å². The van der Waals surface area contributed by atoms with Gasteiger partial charge in [0.2, 0.25) is 5.91 Å². The Morgan fingerprint density at radius 1 is 1.15 bits per heavy atom. The van der Waals surface area contributed by atoms with Gasteiger partial charge in [-0.25, -0.2) is 0 Å². The average molecular weight is 284 g/mol. The lowest BCUT2D eigenvalue weighted by Crippen LogP contribution is -2.13. The van der Waals surface area contributed by atoms with E-state index in [1.165, 1.54) is 11.3 Å². The summed E-state index contributed by atoms with van der Waals surface area (Å²) in [6.45, 7) is 0.